The van der Waals surface area contributed by atoms with E-state index in [-0.39, 0.29) is 23.2 Å². The van der Waals surface area contributed by atoms with Crippen molar-refractivity contribution in [2.45, 2.75) is 0 Å². The van der Waals surface area contributed by atoms with Gasteiger partial charge in [0.15, 0.2) is 16.7 Å². The first-order valence-corrected chi connectivity index (χ1v) is 11.3. The zero-order valence-electron chi connectivity index (χ0n) is 19.4. The molecule has 0 spiro atoms. The van der Waals surface area contributed by atoms with Crippen molar-refractivity contribution < 1.29 is 28.9 Å². The molecule has 1 aliphatic heterocycles. The molecular weight excluding hydrogens is 504 g/mol. The largest absolute Gasteiger partial charge is 0.497 e. The van der Waals surface area contributed by atoms with Crippen molar-refractivity contribution in [3.05, 3.63) is 91.4 Å². The molecular formula is C24H18N4O8S. The zero-order chi connectivity index (χ0) is 26.5. The van der Waals surface area contributed by atoms with Crippen molar-refractivity contribution in [2.24, 2.45) is 4.99 Å². The average Bonchev–Trinajstić information content (AvgIpc) is 3.23. The third-order valence-electron chi connectivity index (χ3n) is 5.01. The van der Waals surface area contributed by atoms with Crippen molar-refractivity contribution in [1.29, 1.82) is 0 Å². The molecule has 12 nitrogen and oxygen atoms in total. The van der Waals surface area contributed by atoms with E-state index in [1.54, 1.807) is 49.6 Å². The fourth-order valence-electron chi connectivity index (χ4n) is 3.23. The SMILES string of the molecule is COc1ccc(N=C2NC(=O)/C(=C/c3ccc(Oc4ccc([N+](=O)[O-])cc4[N+](=O)[O-])c(OC)c3)S2)cc1. The van der Waals surface area contributed by atoms with Crippen molar-refractivity contribution in [3.8, 4) is 23.0 Å². The van der Waals surface area contributed by atoms with Gasteiger partial charge in [0.2, 0.25) is 5.75 Å². The number of carbonyl (C=O) groups excluding carboxylic acids is 1. The molecule has 0 radical (unpaired) electrons. The quantitative estimate of drug-likeness (QED) is 0.238. The molecule has 0 unspecified atom stereocenters. The van der Waals surface area contributed by atoms with E-state index in [4.69, 9.17) is 14.2 Å². The van der Waals surface area contributed by atoms with E-state index in [2.05, 4.69) is 10.3 Å². The van der Waals surface area contributed by atoms with Gasteiger partial charge in [0.25, 0.3) is 11.6 Å². The molecule has 1 saturated heterocycles. The Balaban J connectivity index is 1.56. The Hall–Kier alpha value is -4.91. The molecule has 0 aliphatic carbocycles. The lowest BCUT2D eigenvalue weighted by Gasteiger charge is -2.11. The predicted octanol–water partition coefficient (Wildman–Crippen LogP) is 5.20. The van der Waals surface area contributed by atoms with Crippen LogP contribution in [0.15, 0.2) is 70.6 Å². The summed E-state index contributed by atoms with van der Waals surface area (Å²) in [5.41, 5.74) is 0.250. The normalized spacial score (nSPS) is 14.9. The molecule has 188 valence electrons. The molecule has 1 heterocycles. The van der Waals surface area contributed by atoms with Crippen molar-refractivity contribution >= 4 is 46.0 Å². The summed E-state index contributed by atoms with van der Waals surface area (Å²) >= 11 is 1.16. The summed E-state index contributed by atoms with van der Waals surface area (Å²) in [4.78, 5) is 38.1. The van der Waals surface area contributed by atoms with E-state index < -0.39 is 21.2 Å². The van der Waals surface area contributed by atoms with Gasteiger partial charge in [-0.15, -0.1) is 0 Å². The Morgan fingerprint density at radius 2 is 1.62 bits per heavy atom. The molecule has 1 aliphatic rings. The van der Waals surface area contributed by atoms with Crippen LogP contribution in [0, 0.1) is 20.2 Å². The summed E-state index contributed by atoms with van der Waals surface area (Å²) in [6, 6.07) is 14.9. The molecule has 0 bridgehead atoms. The predicted molar refractivity (Wildman–Crippen MR) is 137 cm³/mol. The van der Waals surface area contributed by atoms with Crippen LogP contribution in [0.5, 0.6) is 23.0 Å². The molecule has 4 rings (SSSR count). The number of methoxy groups -OCH3 is 2. The van der Waals surface area contributed by atoms with Crippen molar-refractivity contribution in [1.82, 2.24) is 5.32 Å². The van der Waals surface area contributed by atoms with Crippen LogP contribution in [0.1, 0.15) is 5.56 Å². The smallest absolute Gasteiger partial charge is 0.318 e. The number of thioether (sulfide) groups is 1. The molecule has 3 aromatic carbocycles. The number of amidine groups is 1. The first kappa shape index (κ1) is 25.2. The van der Waals surface area contributed by atoms with Crippen LogP contribution in [0.4, 0.5) is 17.1 Å². The molecule has 1 N–H and O–H groups in total. The Bertz CT molecular complexity index is 1450. The molecule has 3 aromatic rings. The van der Waals surface area contributed by atoms with Gasteiger partial charge in [-0.1, -0.05) is 6.07 Å². The fraction of sp³-hybridized carbons (Fsp3) is 0.0833. The van der Waals surface area contributed by atoms with Crippen molar-refractivity contribution in [3.63, 3.8) is 0 Å². The van der Waals surface area contributed by atoms with Gasteiger partial charge in [-0.2, -0.15) is 0 Å². The maximum absolute atomic E-state index is 12.5. The maximum atomic E-state index is 12.5. The van der Waals surface area contributed by atoms with Crippen molar-refractivity contribution in [2.75, 3.05) is 14.2 Å². The van der Waals surface area contributed by atoms with E-state index >= 15 is 0 Å². The monoisotopic (exact) mass is 522 g/mol. The summed E-state index contributed by atoms with van der Waals surface area (Å²) in [6.07, 6.45) is 1.64. The number of benzene rings is 3. The highest BCUT2D eigenvalue weighted by Crippen LogP contribution is 2.39. The van der Waals surface area contributed by atoms with Gasteiger partial charge < -0.3 is 19.5 Å². The number of nitrogens with one attached hydrogen (secondary N) is 1. The number of amides is 1. The summed E-state index contributed by atoms with van der Waals surface area (Å²) < 4.78 is 16.1. The van der Waals surface area contributed by atoms with Gasteiger partial charge in [-0.3, -0.25) is 25.0 Å². The molecule has 0 aromatic heterocycles. The zero-order valence-corrected chi connectivity index (χ0v) is 20.2. The molecule has 1 fully saturated rings. The lowest BCUT2D eigenvalue weighted by Crippen LogP contribution is -2.19. The minimum atomic E-state index is -0.769. The van der Waals surface area contributed by atoms with E-state index in [0.717, 1.165) is 30.0 Å². The minimum absolute atomic E-state index is 0.145. The summed E-state index contributed by atoms with van der Waals surface area (Å²) in [5, 5.41) is 25.5. The fourth-order valence-corrected chi connectivity index (χ4v) is 4.07. The second-order valence-corrected chi connectivity index (χ2v) is 8.39. The highest BCUT2D eigenvalue weighted by atomic mass is 32.2. The lowest BCUT2D eigenvalue weighted by molar-refractivity contribution is -0.394. The summed E-state index contributed by atoms with van der Waals surface area (Å²) in [5.74, 6) is 0.560. The van der Waals surface area contributed by atoms with Crippen LogP contribution in [0.2, 0.25) is 0 Å². The van der Waals surface area contributed by atoms with Gasteiger partial charge in [-0.25, -0.2) is 4.99 Å². The highest BCUT2D eigenvalue weighted by molar-refractivity contribution is 8.18. The second kappa shape index (κ2) is 10.8. The van der Waals surface area contributed by atoms with Gasteiger partial charge in [0.05, 0.1) is 40.7 Å². The topological polar surface area (TPSA) is 155 Å². The Kier molecular flexibility index (Phi) is 7.34. The van der Waals surface area contributed by atoms with E-state index in [9.17, 15) is 25.0 Å². The number of aliphatic imine (C=N–C) groups is 1. The standard InChI is InChI=1S/C24H18N4O8S/c1-34-17-7-4-15(5-8-17)25-24-26-23(29)22(37-24)12-14-3-9-20(21(11-14)35-2)36-19-10-6-16(27(30)31)13-18(19)28(32)33/h3-13H,1-2H3,(H,25,26,29)/b22-12-. The number of ether oxygens (including phenoxy) is 3. The minimum Gasteiger partial charge on any atom is -0.497 e. The number of rotatable bonds is 8. The Morgan fingerprint density at radius 1 is 0.892 bits per heavy atom. The molecule has 37 heavy (non-hydrogen) atoms. The first-order valence-electron chi connectivity index (χ1n) is 10.5. The van der Waals surface area contributed by atoms with Crippen LogP contribution in [-0.4, -0.2) is 35.1 Å². The molecule has 0 atom stereocenters. The van der Waals surface area contributed by atoms with Crippen LogP contribution < -0.4 is 19.5 Å². The average molecular weight is 522 g/mol. The van der Waals surface area contributed by atoms with E-state index in [1.807, 2.05) is 0 Å². The third kappa shape index (κ3) is 5.85. The number of nitrogens with zero attached hydrogens (tertiary/aromatic N) is 3. The first-order chi connectivity index (χ1) is 17.8. The number of hydrogen-bond acceptors (Lipinski definition) is 10. The lowest BCUT2D eigenvalue weighted by atomic mass is 10.2. The summed E-state index contributed by atoms with van der Waals surface area (Å²) in [7, 11) is 2.96. The maximum Gasteiger partial charge on any atom is 0.318 e. The number of hydrogen-bond donors (Lipinski definition) is 1. The van der Waals surface area contributed by atoms with Gasteiger partial charge >= 0.3 is 5.69 Å². The van der Waals surface area contributed by atoms with E-state index in [0.29, 0.717) is 27.1 Å². The number of carbonyl (C=O) groups is 1. The summed E-state index contributed by atoms with van der Waals surface area (Å²) in [6.45, 7) is 0. The Labute approximate surface area is 213 Å². The van der Waals surface area contributed by atoms with Gasteiger partial charge in [-0.05, 0) is 65.9 Å². The Morgan fingerprint density at radius 3 is 2.27 bits per heavy atom. The third-order valence-corrected chi connectivity index (χ3v) is 5.92. The van der Waals surface area contributed by atoms with Crippen LogP contribution >= 0.6 is 11.8 Å². The highest BCUT2D eigenvalue weighted by Gasteiger charge is 2.25. The van der Waals surface area contributed by atoms with Gasteiger partial charge in [0.1, 0.15) is 5.75 Å². The van der Waals surface area contributed by atoms with Crippen LogP contribution in [-0.2, 0) is 4.79 Å². The number of non-ortho nitro benzene ring substituents is 1. The number of nitro groups is 2. The number of nitro benzene ring substituents is 2. The van der Waals surface area contributed by atoms with E-state index in [1.165, 1.54) is 13.2 Å². The van der Waals surface area contributed by atoms with Crippen LogP contribution in [0.3, 0.4) is 0 Å². The van der Waals surface area contributed by atoms with Crippen LogP contribution in [0.25, 0.3) is 6.08 Å². The molecule has 1 amide bonds. The molecule has 0 saturated carbocycles. The van der Waals surface area contributed by atoms with Gasteiger partial charge in [0, 0.05) is 6.07 Å². The second-order valence-electron chi connectivity index (χ2n) is 7.36. The molecule has 13 heteroatoms.